The van der Waals surface area contributed by atoms with Crippen LogP contribution in [0.15, 0.2) is 4.99 Å². The summed E-state index contributed by atoms with van der Waals surface area (Å²) in [5.74, 6) is 1.01. The molecule has 1 unspecified atom stereocenters. The van der Waals surface area contributed by atoms with Gasteiger partial charge in [-0.1, -0.05) is 0 Å². The highest BCUT2D eigenvalue weighted by Crippen LogP contribution is 2.38. The van der Waals surface area contributed by atoms with Crippen LogP contribution >= 0.6 is 0 Å². The topological polar surface area (TPSA) is 55.3 Å². The van der Waals surface area contributed by atoms with Gasteiger partial charge in [0.15, 0.2) is 5.96 Å². The van der Waals surface area contributed by atoms with E-state index in [1.807, 2.05) is 7.05 Å². The van der Waals surface area contributed by atoms with Crippen LogP contribution in [-0.2, 0) is 14.2 Å². The van der Waals surface area contributed by atoms with Crippen molar-refractivity contribution in [3.05, 3.63) is 0 Å². The van der Waals surface area contributed by atoms with Crippen molar-refractivity contribution in [1.29, 1.82) is 0 Å². The highest BCUT2D eigenvalue weighted by molar-refractivity contribution is 5.80. The summed E-state index contributed by atoms with van der Waals surface area (Å²) in [5, 5.41) is 3.43. The summed E-state index contributed by atoms with van der Waals surface area (Å²) in [4.78, 5) is 6.76. The molecular weight excluding hydrogens is 270 g/mol. The monoisotopic (exact) mass is 299 g/mol. The Bertz CT molecular complexity index is 330. The van der Waals surface area contributed by atoms with E-state index in [0.29, 0.717) is 18.6 Å². The number of methoxy groups -OCH3 is 1. The molecule has 0 aromatic carbocycles. The third-order valence-electron chi connectivity index (χ3n) is 4.31. The van der Waals surface area contributed by atoms with Crippen LogP contribution in [0.4, 0.5) is 0 Å². The largest absolute Gasteiger partial charge is 0.382 e. The Morgan fingerprint density at radius 1 is 1.33 bits per heavy atom. The van der Waals surface area contributed by atoms with Gasteiger partial charge < -0.3 is 24.4 Å². The molecule has 0 amide bonds. The van der Waals surface area contributed by atoms with Gasteiger partial charge in [-0.2, -0.15) is 0 Å². The summed E-state index contributed by atoms with van der Waals surface area (Å²) in [6.07, 6.45) is 3.38. The average molecular weight is 299 g/mol. The van der Waals surface area contributed by atoms with E-state index in [4.69, 9.17) is 14.2 Å². The Morgan fingerprint density at radius 2 is 2.24 bits per heavy atom. The van der Waals surface area contributed by atoms with Crippen molar-refractivity contribution < 1.29 is 14.2 Å². The van der Waals surface area contributed by atoms with Crippen LogP contribution in [0.3, 0.4) is 0 Å². The van der Waals surface area contributed by atoms with Crippen molar-refractivity contribution in [3.8, 4) is 0 Å². The van der Waals surface area contributed by atoms with Crippen LogP contribution in [0.5, 0.6) is 0 Å². The van der Waals surface area contributed by atoms with Gasteiger partial charge in [0.25, 0.3) is 0 Å². The van der Waals surface area contributed by atoms with Gasteiger partial charge in [-0.15, -0.1) is 0 Å². The van der Waals surface area contributed by atoms with Gasteiger partial charge in [-0.3, -0.25) is 4.99 Å². The second-order valence-electron chi connectivity index (χ2n) is 5.91. The Balaban J connectivity index is 1.62. The van der Waals surface area contributed by atoms with Crippen LogP contribution in [0.25, 0.3) is 0 Å². The summed E-state index contributed by atoms with van der Waals surface area (Å²) in [6.45, 7) is 6.94. The van der Waals surface area contributed by atoms with E-state index in [1.165, 1.54) is 12.8 Å². The number of hydrogen-bond donors (Lipinski definition) is 1. The Kier molecular flexibility index (Phi) is 6.73. The molecule has 0 bridgehead atoms. The van der Waals surface area contributed by atoms with Crippen LogP contribution in [0, 0.1) is 5.41 Å². The normalized spacial score (nSPS) is 26.0. The van der Waals surface area contributed by atoms with E-state index in [1.54, 1.807) is 7.11 Å². The lowest BCUT2D eigenvalue weighted by molar-refractivity contribution is 0.0698. The molecule has 0 aromatic rings. The molecule has 0 aromatic heterocycles. The number of nitrogens with zero attached hydrogens (tertiary/aromatic N) is 2. The van der Waals surface area contributed by atoms with Gasteiger partial charge in [0.05, 0.1) is 19.8 Å². The summed E-state index contributed by atoms with van der Waals surface area (Å²) >= 11 is 0. The first-order valence-electron chi connectivity index (χ1n) is 7.90. The number of hydrogen-bond acceptors (Lipinski definition) is 4. The smallest absolute Gasteiger partial charge is 0.193 e. The second-order valence-corrected chi connectivity index (χ2v) is 5.91. The SMILES string of the molecule is CN=C(NCCCOCCOC)N1CCC2(CCOC2)C1. The van der Waals surface area contributed by atoms with E-state index < -0.39 is 0 Å². The molecule has 2 rings (SSSR count). The van der Waals surface area contributed by atoms with Crippen molar-refractivity contribution in [1.82, 2.24) is 10.2 Å². The number of guanidine groups is 1. The standard InChI is InChI=1S/C15H29N3O3/c1-16-14(17-6-3-8-20-11-10-19-2)18-7-4-15(12-18)5-9-21-13-15/h3-13H2,1-2H3,(H,16,17). The highest BCUT2D eigenvalue weighted by atomic mass is 16.5. The lowest BCUT2D eigenvalue weighted by Gasteiger charge is -2.24. The zero-order chi connectivity index (χ0) is 15.0. The molecule has 0 saturated carbocycles. The zero-order valence-electron chi connectivity index (χ0n) is 13.4. The van der Waals surface area contributed by atoms with Crippen LogP contribution in [0.1, 0.15) is 19.3 Å². The average Bonchev–Trinajstić information content (AvgIpc) is 3.13. The van der Waals surface area contributed by atoms with E-state index in [-0.39, 0.29) is 0 Å². The number of ether oxygens (including phenoxy) is 3. The fourth-order valence-electron chi connectivity index (χ4n) is 3.04. The molecule has 2 fully saturated rings. The molecule has 6 heteroatoms. The molecule has 1 N–H and O–H groups in total. The fraction of sp³-hybridized carbons (Fsp3) is 0.933. The third kappa shape index (κ3) is 4.83. The molecule has 21 heavy (non-hydrogen) atoms. The first-order valence-corrected chi connectivity index (χ1v) is 7.90. The van der Waals surface area contributed by atoms with Crippen LogP contribution < -0.4 is 5.32 Å². The zero-order valence-corrected chi connectivity index (χ0v) is 13.4. The quantitative estimate of drug-likeness (QED) is 0.427. The lowest BCUT2D eigenvalue weighted by Crippen LogP contribution is -2.42. The van der Waals surface area contributed by atoms with E-state index >= 15 is 0 Å². The van der Waals surface area contributed by atoms with Gasteiger partial charge in [0.1, 0.15) is 0 Å². The predicted octanol–water partition coefficient (Wildman–Crippen LogP) is 0.727. The first kappa shape index (κ1) is 16.5. The molecule has 1 atom stereocenters. The molecule has 2 aliphatic heterocycles. The molecule has 6 nitrogen and oxygen atoms in total. The molecule has 2 aliphatic rings. The van der Waals surface area contributed by atoms with E-state index in [0.717, 1.165) is 51.8 Å². The maximum absolute atomic E-state index is 5.58. The van der Waals surface area contributed by atoms with Crippen molar-refractivity contribution in [2.24, 2.45) is 10.4 Å². The molecule has 0 radical (unpaired) electrons. The summed E-state index contributed by atoms with van der Waals surface area (Å²) in [6, 6.07) is 0. The number of likely N-dealkylation sites (tertiary alicyclic amines) is 1. The van der Waals surface area contributed by atoms with Gasteiger partial charge in [0.2, 0.25) is 0 Å². The van der Waals surface area contributed by atoms with Crippen LogP contribution in [0.2, 0.25) is 0 Å². The molecule has 1 spiro atoms. The molecule has 0 aliphatic carbocycles. The molecule has 2 saturated heterocycles. The molecule has 122 valence electrons. The van der Waals surface area contributed by atoms with Crippen molar-refractivity contribution in [2.75, 3.05) is 66.8 Å². The lowest BCUT2D eigenvalue weighted by atomic mass is 9.87. The minimum Gasteiger partial charge on any atom is -0.382 e. The number of nitrogens with one attached hydrogen (secondary N) is 1. The van der Waals surface area contributed by atoms with Crippen LogP contribution in [-0.4, -0.2) is 77.7 Å². The Morgan fingerprint density at radius 3 is 2.95 bits per heavy atom. The van der Waals surface area contributed by atoms with E-state index in [9.17, 15) is 0 Å². The van der Waals surface area contributed by atoms with Gasteiger partial charge >= 0.3 is 0 Å². The molecule has 2 heterocycles. The minimum atomic E-state index is 0.376. The minimum absolute atomic E-state index is 0.376. The van der Waals surface area contributed by atoms with Gasteiger partial charge in [-0.25, -0.2) is 0 Å². The van der Waals surface area contributed by atoms with Crippen molar-refractivity contribution >= 4 is 5.96 Å². The third-order valence-corrected chi connectivity index (χ3v) is 4.31. The fourth-order valence-corrected chi connectivity index (χ4v) is 3.04. The summed E-state index contributed by atoms with van der Waals surface area (Å²) in [7, 11) is 3.54. The Hall–Kier alpha value is -0.850. The Labute approximate surface area is 127 Å². The van der Waals surface area contributed by atoms with Gasteiger partial charge in [0, 0.05) is 52.4 Å². The summed E-state index contributed by atoms with van der Waals surface area (Å²) < 4.78 is 16.0. The maximum atomic E-state index is 5.58. The predicted molar refractivity (Wildman–Crippen MR) is 82.7 cm³/mol. The van der Waals surface area contributed by atoms with E-state index in [2.05, 4.69) is 15.2 Å². The number of aliphatic imine (C=N–C) groups is 1. The van der Waals surface area contributed by atoms with Gasteiger partial charge in [-0.05, 0) is 19.3 Å². The van der Waals surface area contributed by atoms with Crippen molar-refractivity contribution in [3.63, 3.8) is 0 Å². The molecular formula is C15H29N3O3. The summed E-state index contributed by atoms with van der Waals surface area (Å²) in [5.41, 5.74) is 0.376. The van der Waals surface area contributed by atoms with Crippen molar-refractivity contribution in [2.45, 2.75) is 19.3 Å². The number of rotatable bonds is 7. The maximum Gasteiger partial charge on any atom is 0.193 e. The second kappa shape index (κ2) is 8.56. The first-order chi connectivity index (χ1) is 10.3. The highest BCUT2D eigenvalue weighted by Gasteiger charge is 2.42.